The van der Waals surface area contributed by atoms with E-state index in [-0.39, 0.29) is 11.9 Å². The second-order valence-corrected chi connectivity index (χ2v) is 5.16. The Balaban J connectivity index is 1.92. The van der Waals surface area contributed by atoms with Gasteiger partial charge in [0.15, 0.2) is 0 Å². The van der Waals surface area contributed by atoms with E-state index in [1.165, 1.54) is 17.2 Å². The number of benzene rings is 2. The van der Waals surface area contributed by atoms with Crippen LogP contribution in [0.25, 0.3) is 0 Å². The van der Waals surface area contributed by atoms with Gasteiger partial charge >= 0.3 is 0 Å². The summed E-state index contributed by atoms with van der Waals surface area (Å²) in [5, 5.41) is 0. The van der Waals surface area contributed by atoms with Crippen LogP contribution in [0.1, 0.15) is 34.2 Å². The van der Waals surface area contributed by atoms with Crippen LogP contribution in [0.5, 0.6) is 0 Å². The molecule has 0 fully saturated rings. The van der Waals surface area contributed by atoms with Crippen molar-refractivity contribution in [2.75, 3.05) is 0 Å². The van der Waals surface area contributed by atoms with Gasteiger partial charge in [-0.25, -0.2) is 4.39 Å². The van der Waals surface area contributed by atoms with Crippen LogP contribution in [-0.2, 0) is 6.42 Å². The third-order valence-electron chi connectivity index (χ3n) is 4.02. The lowest BCUT2D eigenvalue weighted by Gasteiger charge is -2.36. The van der Waals surface area contributed by atoms with Gasteiger partial charge in [0.2, 0.25) is 0 Å². The number of nitrogens with one attached hydrogen (secondary N) is 1. The molecular formula is C16H17FN2. The summed E-state index contributed by atoms with van der Waals surface area (Å²) in [6.45, 7) is 1.78. The molecule has 3 heteroatoms. The lowest BCUT2D eigenvalue weighted by atomic mass is 9.72. The van der Waals surface area contributed by atoms with Crippen LogP contribution in [0.4, 0.5) is 4.39 Å². The van der Waals surface area contributed by atoms with Crippen molar-refractivity contribution in [3.8, 4) is 0 Å². The third-order valence-corrected chi connectivity index (χ3v) is 4.02. The van der Waals surface area contributed by atoms with Crippen molar-refractivity contribution in [3.05, 3.63) is 70.5 Å². The number of hydrazine groups is 1. The first kappa shape index (κ1) is 12.3. The summed E-state index contributed by atoms with van der Waals surface area (Å²) in [6.07, 6.45) is 1.02. The minimum atomic E-state index is -0.173. The second-order valence-electron chi connectivity index (χ2n) is 5.16. The van der Waals surface area contributed by atoms with Crippen LogP contribution in [-0.4, -0.2) is 0 Å². The van der Waals surface area contributed by atoms with Crippen LogP contribution in [0.15, 0.2) is 42.5 Å². The topological polar surface area (TPSA) is 38.0 Å². The van der Waals surface area contributed by atoms with Crippen molar-refractivity contribution in [3.63, 3.8) is 0 Å². The molecule has 0 saturated carbocycles. The van der Waals surface area contributed by atoms with Crippen molar-refractivity contribution in [1.82, 2.24) is 5.43 Å². The Bertz CT molecular complexity index is 609. The number of hydrogen-bond acceptors (Lipinski definition) is 2. The fourth-order valence-corrected chi connectivity index (χ4v) is 2.90. The first-order valence-corrected chi connectivity index (χ1v) is 6.50. The molecule has 98 valence electrons. The van der Waals surface area contributed by atoms with Crippen molar-refractivity contribution in [2.24, 2.45) is 5.84 Å². The van der Waals surface area contributed by atoms with Crippen LogP contribution < -0.4 is 11.3 Å². The molecule has 0 heterocycles. The molecule has 19 heavy (non-hydrogen) atoms. The number of fused-ring (bicyclic) bond motifs is 1. The molecule has 0 amide bonds. The maximum atomic E-state index is 13.4. The molecule has 2 aromatic carbocycles. The Morgan fingerprint density at radius 2 is 2.05 bits per heavy atom. The largest absolute Gasteiger partial charge is 0.271 e. The Hall–Kier alpha value is -1.71. The molecule has 0 saturated heterocycles. The van der Waals surface area contributed by atoms with Gasteiger partial charge in [0.25, 0.3) is 0 Å². The molecule has 3 N–H and O–H groups in total. The highest BCUT2D eigenvalue weighted by molar-refractivity contribution is 5.43. The normalized spacial score (nSPS) is 18.6. The Labute approximate surface area is 112 Å². The Morgan fingerprint density at radius 1 is 1.26 bits per heavy atom. The minimum Gasteiger partial charge on any atom is -0.271 e. The average Bonchev–Trinajstić information content (AvgIpc) is 2.39. The van der Waals surface area contributed by atoms with Crippen molar-refractivity contribution >= 4 is 0 Å². The van der Waals surface area contributed by atoms with Crippen LogP contribution >= 0.6 is 0 Å². The second kappa shape index (κ2) is 4.76. The van der Waals surface area contributed by atoms with Gasteiger partial charge in [-0.15, -0.1) is 0 Å². The van der Waals surface area contributed by atoms with E-state index < -0.39 is 0 Å². The maximum absolute atomic E-state index is 13.4. The van der Waals surface area contributed by atoms with Gasteiger partial charge < -0.3 is 0 Å². The highest BCUT2D eigenvalue weighted by Crippen LogP contribution is 2.43. The smallest absolute Gasteiger partial charge is 0.126 e. The van der Waals surface area contributed by atoms with Gasteiger partial charge in [0, 0.05) is 5.92 Å². The first-order chi connectivity index (χ1) is 9.20. The molecule has 0 bridgehead atoms. The van der Waals surface area contributed by atoms with E-state index in [4.69, 9.17) is 5.84 Å². The van der Waals surface area contributed by atoms with E-state index in [1.807, 2.05) is 12.1 Å². The molecule has 0 spiro atoms. The predicted molar refractivity (Wildman–Crippen MR) is 74.1 cm³/mol. The van der Waals surface area contributed by atoms with Crippen molar-refractivity contribution in [1.29, 1.82) is 0 Å². The first-order valence-electron chi connectivity index (χ1n) is 6.50. The highest BCUT2D eigenvalue weighted by atomic mass is 19.1. The third kappa shape index (κ3) is 2.05. The zero-order valence-electron chi connectivity index (χ0n) is 10.9. The van der Waals surface area contributed by atoms with Crippen LogP contribution in [0.2, 0.25) is 0 Å². The van der Waals surface area contributed by atoms with Gasteiger partial charge in [-0.3, -0.25) is 11.3 Å². The molecule has 1 aliphatic carbocycles. The van der Waals surface area contributed by atoms with Crippen molar-refractivity contribution in [2.45, 2.75) is 25.3 Å². The summed E-state index contributed by atoms with van der Waals surface area (Å²) in [5.41, 5.74) is 7.31. The van der Waals surface area contributed by atoms with Crippen LogP contribution in [0.3, 0.4) is 0 Å². The Morgan fingerprint density at radius 3 is 2.74 bits per heavy atom. The monoisotopic (exact) mass is 256 g/mol. The number of rotatable bonds is 3. The van der Waals surface area contributed by atoms with E-state index in [9.17, 15) is 4.39 Å². The molecule has 3 rings (SSSR count). The summed E-state index contributed by atoms with van der Waals surface area (Å²) in [5.74, 6) is 5.91. The average molecular weight is 256 g/mol. The number of nitrogens with two attached hydrogens (primary N) is 1. The maximum Gasteiger partial charge on any atom is 0.126 e. The van der Waals surface area contributed by atoms with E-state index in [0.717, 1.165) is 12.0 Å². The highest BCUT2D eigenvalue weighted by Gasteiger charge is 2.33. The van der Waals surface area contributed by atoms with Crippen molar-refractivity contribution < 1.29 is 4.39 Å². The van der Waals surface area contributed by atoms with Gasteiger partial charge in [-0.2, -0.15) is 0 Å². The molecule has 2 atom stereocenters. The van der Waals surface area contributed by atoms with Gasteiger partial charge in [-0.1, -0.05) is 36.4 Å². The molecule has 0 aliphatic heterocycles. The molecule has 2 aromatic rings. The van der Waals surface area contributed by atoms with Gasteiger partial charge in [-0.05, 0) is 41.7 Å². The quantitative estimate of drug-likeness (QED) is 0.654. The number of aryl methyl sites for hydroxylation is 1. The zero-order valence-corrected chi connectivity index (χ0v) is 10.9. The fraction of sp³-hybridized carbons (Fsp3) is 0.250. The van der Waals surface area contributed by atoms with Crippen LogP contribution in [0, 0.1) is 12.7 Å². The molecule has 2 nitrogen and oxygen atoms in total. The molecule has 0 aromatic heterocycles. The lowest BCUT2D eigenvalue weighted by Crippen LogP contribution is -2.37. The van der Waals surface area contributed by atoms with E-state index in [0.29, 0.717) is 11.5 Å². The van der Waals surface area contributed by atoms with Gasteiger partial charge in [0.05, 0.1) is 6.04 Å². The number of halogens is 1. The summed E-state index contributed by atoms with van der Waals surface area (Å²) in [4.78, 5) is 0. The minimum absolute atomic E-state index is 0.0363. The number of hydrogen-bond donors (Lipinski definition) is 2. The predicted octanol–water partition coefficient (Wildman–Crippen LogP) is 2.98. The molecule has 0 radical (unpaired) electrons. The fourth-order valence-electron chi connectivity index (χ4n) is 2.90. The Kier molecular flexibility index (Phi) is 3.09. The van der Waals surface area contributed by atoms with E-state index in [1.54, 1.807) is 6.92 Å². The van der Waals surface area contributed by atoms with Gasteiger partial charge in [0.1, 0.15) is 5.82 Å². The molecular weight excluding hydrogens is 239 g/mol. The molecule has 2 unspecified atom stereocenters. The summed E-state index contributed by atoms with van der Waals surface area (Å²) < 4.78 is 13.4. The summed E-state index contributed by atoms with van der Waals surface area (Å²) >= 11 is 0. The zero-order chi connectivity index (χ0) is 13.4. The standard InChI is InChI=1S/C16H17FN2/c1-10-8-12(6-7-15(10)17)16(19-18)14-9-11-4-2-3-5-13(11)14/h2-8,14,16,19H,9,18H2,1H3. The van der Waals surface area contributed by atoms with E-state index >= 15 is 0 Å². The SMILES string of the molecule is Cc1cc(C(NN)C2Cc3ccccc32)ccc1F. The van der Waals surface area contributed by atoms with E-state index in [2.05, 4.69) is 29.7 Å². The lowest BCUT2D eigenvalue weighted by molar-refractivity contribution is 0.418. The summed E-state index contributed by atoms with van der Waals surface area (Å²) in [7, 11) is 0. The summed E-state index contributed by atoms with van der Waals surface area (Å²) in [6, 6.07) is 13.6. The molecule has 1 aliphatic rings.